The molecule has 0 bridgehead atoms. The van der Waals surface area contributed by atoms with Crippen LogP contribution < -0.4 is 0 Å². The maximum absolute atomic E-state index is 12.6. The molecule has 2 heteroatoms. The van der Waals surface area contributed by atoms with Gasteiger partial charge in [-0.3, -0.25) is 4.79 Å². The minimum absolute atomic E-state index is 0.198. The molecule has 0 spiro atoms. The highest BCUT2D eigenvalue weighted by molar-refractivity contribution is 6.08. The molecule has 1 aromatic heterocycles. The highest BCUT2D eigenvalue weighted by Gasteiger charge is 2.27. The van der Waals surface area contributed by atoms with E-state index in [1.54, 1.807) is 6.26 Å². The number of hydrogen-bond donors (Lipinski definition) is 0. The van der Waals surface area contributed by atoms with Crippen molar-refractivity contribution >= 4 is 16.8 Å². The van der Waals surface area contributed by atoms with Crippen LogP contribution in [0.15, 0.2) is 34.9 Å². The van der Waals surface area contributed by atoms with Crippen LogP contribution in [-0.4, -0.2) is 5.78 Å². The molecule has 1 saturated carbocycles. The van der Waals surface area contributed by atoms with Crippen LogP contribution in [-0.2, 0) is 0 Å². The molecule has 0 saturated heterocycles. The zero-order valence-electron chi connectivity index (χ0n) is 11.4. The molecule has 3 rings (SSSR count). The summed E-state index contributed by atoms with van der Waals surface area (Å²) in [6, 6.07) is 7.79. The van der Waals surface area contributed by atoms with Gasteiger partial charge in [0, 0.05) is 11.3 Å². The number of benzene rings is 1. The molecule has 0 amide bonds. The predicted molar refractivity (Wildman–Crippen MR) is 76.3 cm³/mol. The molecule has 0 N–H and O–H groups in total. The lowest BCUT2D eigenvalue weighted by Crippen LogP contribution is -2.21. The summed E-state index contributed by atoms with van der Waals surface area (Å²) >= 11 is 0. The smallest absolute Gasteiger partial charge is 0.169 e. The fraction of sp³-hybridized carbons (Fsp3) is 0.471. The molecule has 0 atom stereocenters. The zero-order chi connectivity index (χ0) is 13.2. The van der Waals surface area contributed by atoms with Gasteiger partial charge in [-0.05, 0) is 37.7 Å². The largest absolute Gasteiger partial charge is 0.464 e. The molecule has 100 valence electrons. The third-order valence-electron chi connectivity index (χ3n) is 4.54. The average Bonchev–Trinajstić information content (AvgIpc) is 2.90. The van der Waals surface area contributed by atoms with Gasteiger partial charge in [0.25, 0.3) is 0 Å². The van der Waals surface area contributed by atoms with Crippen molar-refractivity contribution in [1.82, 2.24) is 0 Å². The molecule has 1 fully saturated rings. The molecular formula is C17H20O2. The monoisotopic (exact) mass is 256 g/mol. The van der Waals surface area contributed by atoms with E-state index in [0.717, 1.165) is 35.3 Å². The Bertz CT molecular complexity index is 574. The number of ketones is 1. The molecule has 2 nitrogen and oxygen atoms in total. The molecule has 2 aromatic rings. The van der Waals surface area contributed by atoms with Gasteiger partial charge in [0.2, 0.25) is 0 Å². The third kappa shape index (κ3) is 2.32. The second-order valence-corrected chi connectivity index (χ2v) is 5.64. The number of hydrogen-bond acceptors (Lipinski definition) is 2. The topological polar surface area (TPSA) is 30.2 Å². The second-order valence-electron chi connectivity index (χ2n) is 5.64. The highest BCUT2D eigenvalue weighted by atomic mass is 16.3. The number of carbonyl (C=O) groups excluding carboxylic acids is 1. The Morgan fingerprint density at radius 1 is 1.21 bits per heavy atom. The van der Waals surface area contributed by atoms with Gasteiger partial charge in [-0.2, -0.15) is 0 Å². The van der Waals surface area contributed by atoms with Gasteiger partial charge in [0.15, 0.2) is 5.78 Å². The third-order valence-corrected chi connectivity index (χ3v) is 4.54. The van der Waals surface area contributed by atoms with Gasteiger partial charge in [-0.25, -0.2) is 0 Å². The first kappa shape index (κ1) is 12.5. The second kappa shape index (κ2) is 5.20. The van der Waals surface area contributed by atoms with Crippen molar-refractivity contribution in [3.63, 3.8) is 0 Å². The highest BCUT2D eigenvalue weighted by Crippen LogP contribution is 2.34. The Morgan fingerprint density at radius 2 is 1.95 bits per heavy atom. The molecule has 1 aliphatic carbocycles. The number of Topliss-reactive ketones (excluding diaryl/α,β-unsaturated/α-hetero) is 1. The van der Waals surface area contributed by atoms with Crippen LogP contribution in [0.1, 0.15) is 49.4 Å². The van der Waals surface area contributed by atoms with Crippen LogP contribution in [0.5, 0.6) is 0 Å². The van der Waals surface area contributed by atoms with E-state index in [4.69, 9.17) is 4.42 Å². The normalized spacial score (nSPS) is 23.6. The van der Waals surface area contributed by atoms with E-state index < -0.39 is 0 Å². The Labute approximate surface area is 113 Å². The van der Waals surface area contributed by atoms with E-state index in [-0.39, 0.29) is 11.7 Å². The first-order chi connectivity index (χ1) is 9.29. The molecule has 0 aliphatic heterocycles. The summed E-state index contributed by atoms with van der Waals surface area (Å²) in [5, 5.41) is 0.963. The minimum atomic E-state index is 0.198. The lowest BCUT2D eigenvalue weighted by Gasteiger charge is -2.26. The maximum atomic E-state index is 12.6. The van der Waals surface area contributed by atoms with Gasteiger partial charge in [-0.1, -0.05) is 31.5 Å². The quantitative estimate of drug-likeness (QED) is 0.736. The van der Waals surface area contributed by atoms with E-state index in [1.165, 1.54) is 19.3 Å². The fourth-order valence-corrected chi connectivity index (χ4v) is 3.22. The van der Waals surface area contributed by atoms with Gasteiger partial charge in [0.05, 0.1) is 5.56 Å². The van der Waals surface area contributed by atoms with Crippen molar-refractivity contribution in [3.05, 3.63) is 36.1 Å². The van der Waals surface area contributed by atoms with E-state index in [9.17, 15) is 4.79 Å². The van der Waals surface area contributed by atoms with Gasteiger partial charge < -0.3 is 4.42 Å². The fourth-order valence-electron chi connectivity index (χ4n) is 3.22. The molecule has 0 radical (unpaired) electrons. The van der Waals surface area contributed by atoms with E-state index in [0.29, 0.717) is 0 Å². The Hall–Kier alpha value is -1.57. The van der Waals surface area contributed by atoms with E-state index >= 15 is 0 Å². The summed E-state index contributed by atoms with van der Waals surface area (Å²) in [7, 11) is 0. The first-order valence-electron chi connectivity index (χ1n) is 7.30. The first-order valence-corrected chi connectivity index (χ1v) is 7.30. The molecule has 1 heterocycles. The van der Waals surface area contributed by atoms with Crippen LogP contribution in [0.2, 0.25) is 0 Å². The molecule has 1 aromatic carbocycles. The molecule has 0 unspecified atom stereocenters. The standard InChI is InChI=1S/C17H20O2/c1-2-12-7-9-13(10-8-12)17(18)15-11-19-16-6-4-3-5-14(15)16/h3-6,11-13H,2,7-10H2,1H3. The minimum Gasteiger partial charge on any atom is -0.464 e. The van der Waals surface area contributed by atoms with E-state index in [1.807, 2.05) is 24.3 Å². The Morgan fingerprint density at radius 3 is 2.68 bits per heavy atom. The summed E-state index contributed by atoms with van der Waals surface area (Å²) in [6.45, 7) is 2.25. The summed E-state index contributed by atoms with van der Waals surface area (Å²) in [6.07, 6.45) is 7.35. The number of fused-ring (bicyclic) bond motifs is 1. The number of rotatable bonds is 3. The summed E-state index contributed by atoms with van der Waals surface area (Å²) in [5.74, 6) is 1.30. The van der Waals surface area contributed by atoms with Gasteiger partial charge >= 0.3 is 0 Å². The summed E-state index contributed by atoms with van der Waals surface area (Å²) in [4.78, 5) is 12.6. The van der Waals surface area contributed by atoms with Crippen molar-refractivity contribution in [1.29, 1.82) is 0 Å². The molecular weight excluding hydrogens is 236 g/mol. The maximum Gasteiger partial charge on any atom is 0.169 e. The average molecular weight is 256 g/mol. The van der Waals surface area contributed by atoms with Crippen molar-refractivity contribution in [2.45, 2.75) is 39.0 Å². The van der Waals surface area contributed by atoms with Gasteiger partial charge in [-0.15, -0.1) is 0 Å². The van der Waals surface area contributed by atoms with E-state index in [2.05, 4.69) is 6.92 Å². The van der Waals surface area contributed by atoms with Crippen LogP contribution in [0.4, 0.5) is 0 Å². The predicted octanol–water partition coefficient (Wildman–Crippen LogP) is 4.83. The zero-order valence-corrected chi connectivity index (χ0v) is 11.4. The van der Waals surface area contributed by atoms with Crippen LogP contribution in [0, 0.1) is 11.8 Å². The van der Waals surface area contributed by atoms with Crippen molar-refractivity contribution in [3.8, 4) is 0 Å². The number of furan rings is 1. The van der Waals surface area contributed by atoms with Crippen molar-refractivity contribution in [2.75, 3.05) is 0 Å². The van der Waals surface area contributed by atoms with Crippen molar-refractivity contribution in [2.24, 2.45) is 11.8 Å². The molecule has 1 aliphatic rings. The Balaban J connectivity index is 1.81. The number of para-hydroxylation sites is 1. The summed E-state index contributed by atoms with van der Waals surface area (Å²) < 4.78 is 5.48. The summed E-state index contributed by atoms with van der Waals surface area (Å²) in [5.41, 5.74) is 1.59. The van der Waals surface area contributed by atoms with Gasteiger partial charge in [0.1, 0.15) is 11.8 Å². The lowest BCUT2D eigenvalue weighted by molar-refractivity contribution is 0.0872. The van der Waals surface area contributed by atoms with Crippen molar-refractivity contribution < 1.29 is 9.21 Å². The lowest BCUT2D eigenvalue weighted by atomic mass is 9.78. The number of carbonyl (C=O) groups is 1. The van der Waals surface area contributed by atoms with Crippen LogP contribution in [0.3, 0.4) is 0 Å². The Kier molecular flexibility index (Phi) is 3.41. The van der Waals surface area contributed by atoms with Crippen LogP contribution >= 0.6 is 0 Å². The van der Waals surface area contributed by atoms with Crippen LogP contribution in [0.25, 0.3) is 11.0 Å². The molecule has 19 heavy (non-hydrogen) atoms. The SMILES string of the molecule is CCC1CCC(C(=O)c2coc3ccccc23)CC1.